The van der Waals surface area contributed by atoms with Crippen LogP contribution in [0.25, 0.3) is 0 Å². The molecule has 0 saturated heterocycles. The highest BCUT2D eigenvalue weighted by Gasteiger charge is 2.06. The van der Waals surface area contributed by atoms with E-state index in [9.17, 15) is 0 Å². The SMILES string of the molecule is Clc1ncccc1OBOc1cccnc1Cl. The van der Waals surface area contributed by atoms with Crippen molar-refractivity contribution in [2.45, 2.75) is 0 Å². The Labute approximate surface area is 109 Å². The zero-order valence-corrected chi connectivity index (χ0v) is 10.1. The molecular weight excluding hydrogens is 262 g/mol. The van der Waals surface area contributed by atoms with E-state index in [-0.39, 0.29) is 18.0 Å². The van der Waals surface area contributed by atoms with Gasteiger partial charge in [0.2, 0.25) is 0 Å². The summed E-state index contributed by atoms with van der Waals surface area (Å²) >= 11 is 11.6. The molecule has 0 radical (unpaired) electrons. The van der Waals surface area contributed by atoms with E-state index in [1.165, 1.54) is 0 Å². The molecule has 2 heterocycles. The maximum absolute atomic E-state index is 5.81. The predicted octanol–water partition coefficient (Wildman–Crippen LogP) is 2.51. The Kier molecular flexibility index (Phi) is 4.06. The second kappa shape index (κ2) is 5.75. The van der Waals surface area contributed by atoms with Gasteiger partial charge in [0, 0.05) is 12.4 Å². The van der Waals surface area contributed by atoms with Crippen molar-refractivity contribution in [3.05, 3.63) is 47.0 Å². The van der Waals surface area contributed by atoms with E-state index >= 15 is 0 Å². The third-order valence-electron chi connectivity index (χ3n) is 1.88. The highest BCUT2D eigenvalue weighted by atomic mass is 35.5. The summed E-state index contributed by atoms with van der Waals surface area (Å²) in [5.74, 6) is 0.906. The van der Waals surface area contributed by atoms with E-state index in [0.29, 0.717) is 11.5 Å². The summed E-state index contributed by atoms with van der Waals surface area (Å²) in [7, 11) is -0.0170. The average Bonchev–Trinajstić information content (AvgIpc) is 2.34. The van der Waals surface area contributed by atoms with Gasteiger partial charge in [0.15, 0.2) is 10.3 Å². The van der Waals surface area contributed by atoms with Gasteiger partial charge in [-0.25, -0.2) is 9.97 Å². The van der Waals surface area contributed by atoms with Gasteiger partial charge in [0.25, 0.3) is 0 Å². The minimum Gasteiger partial charge on any atom is -0.526 e. The Hall–Kier alpha value is -1.46. The third-order valence-corrected chi connectivity index (χ3v) is 2.45. The van der Waals surface area contributed by atoms with Crippen molar-refractivity contribution in [1.29, 1.82) is 0 Å². The minimum atomic E-state index is -0.0170. The quantitative estimate of drug-likeness (QED) is 0.631. The first-order valence-electron chi connectivity index (χ1n) is 4.74. The van der Waals surface area contributed by atoms with Crippen molar-refractivity contribution in [3.63, 3.8) is 0 Å². The summed E-state index contributed by atoms with van der Waals surface area (Å²) in [4.78, 5) is 7.74. The minimum absolute atomic E-state index is 0.0170. The standard InChI is InChI=1S/C10H7BCl2N2O2/c12-9-7(3-1-5-14-9)16-11-17-8-4-2-6-15-10(8)13/h1-6,11H. The molecule has 17 heavy (non-hydrogen) atoms. The fourth-order valence-corrected chi connectivity index (χ4v) is 1.46. The lowest BCUT2D eigenvalue weighted by atomic mass is 10.3. The molecular formula is C10H7BCl2N2O2. The van der Waals surface area contributed by atoms with Gasteiger partial charge in [0.05, 0.1) is 0 Å². The van der Waals surface area contributed by atoms with Crippen LogP contribution in [0.3, 0.4) is 0 Å². The maximum atomic E-state index is 5.81. The monoisotopic (exact) mass is 268 g/mol. The van der Waals surface area contributed by atoms with E-state index in [1.54, 1.807) is 36.7 Å². The smallest absolute Gasteiger partial charge is 0.526 e. The molecule has 7 heteroatoms. The van der Waals surface area contributed by atoms with E-state index < -0.39 is 0 Å². The number of hydrogen-bond acceptors (Lipinski definition) is 4. The fourth-order valence-electron chi connectivity index (χ4n) is 1.11. The van der Waals surface area contributed by atoms with Gasteiger partial charge < -0.3 is 9.31 Å². The lowest BCUT2D eigenvalue weighted by molar-refractivity contribution is 0.457. The van der Waals surface area contributed by atoms with Crippen molar-refractivity contribution < 1.29 is 9.31 Å². The average molecular weight is 269 g/mol. The molecule has 0 amide bonds. The zero-order chi connectivity index (χ0) is 12.1. The number of nitrogens with zero attached hydrogens (tertiary/aromatic N) is 2. The number of rotatable bonds is 4. The molecule has 0 aliphatic carbocycles. The van der Waals surface area contributed by atoms with Gasteiger partial charge in [-0.2, -0.15) is 0 Å². The Morgan fingerprint density at radius 1 is 0.882 bits per heavy atom. The summed E-state index contributed by atoms with van der Waals surface area (Å²) in [6, 6.07) is 6.84. The highest BCUT2D eigenvalue weighted by molar-refractivity contribution is 6.32. The number of pyridine rings is 2. The van der Waals surface area contributed by atoms with E-state index in [2.05, 4.69) is 9.97 Å². The molecule has 0 N–H and O–H groups in total. The lowest BCUT2D eigenvalue weighted by Gasteiger charge is -2.08. The number of aromatic nitrogens is 2. The second-order valence-corrected chi connectivity index (χ2v) is 3.71. The normalized spacial score (nSPS) is 9.76. The van der Waals surface area contributed by atoms with Gasteiger partial charge in [-0.3, -0.25) is 0 Å². The Morgan fingerprint density at radius 3 is 1.76 bits per heavy atom. The van der Waals surface area contributed by atoms with Crippen molar-refractivity contribution in [1.82, 2.24) is 9.97 Å². The van der Waals surface area contributed by atoms with E-state index in [0.717, 1.165) is 0 Å². The first-order chi connectivity index (χ1) is 8.27. The lowest BCUT2D eigenvalue weighted by Crippen LogP contribution is -2.11. The molecule has 86 valence electrons. The van der Waals surface area contributed by atoms with Gasteiger partial charge in [-0.1, -0.05) is 23.2 Å². The molecule has 0 bridgehead atoms. The van der Waals surface area contributed by atoms with Gasteiger partial charge >= 0.3 is 7.69 Å². The van der Waals surface area contributed by atoms with Crippen LogP contribution in [0.4, 0.5) is 0 Å². The largest absolute Gasteiger partial charge is 0.576 e. The zero-order valence-electron chi connectivity index (χ0n) is 8.64. The van der Waals surface area contributed by atoms with Crippen molar-refractivity contribution in [2.75, 3.05) is 0 Å². The first-order valence-corrected chi connectivity index (χ1v) is 5.49. The van der Waals surface area contributed by atoms with Crippen LogP contribution in [-0.4, -0.2) is 17.7 Å². The van der Waals surface area contributed by atoms with Gasteiger partial charge in [0.1, 0.15) is 11.5 Å². The third kappa shape index (κ3) is 3.25. The van der Waals surface area contributed by atoms with Crippen LogP contribution in [0, 0.1) is 0 Å². The molecule has 0 aliphatic heterocycles. The molecule has 0 aromatic carbocycles. The molecule has 0 unspecified atom stereocenters. The Bertz CT molecular complexity index is 468. The van der Waals surface area contributed by atoms with Crippen molar-refractivity contribution >= 4 is 30.9 Å². The van der Waals surface area contributed by atoms with E-state index in [4.69, 9.17) is 32.5 Å². The van der Waals surface area contributed by atoms with Crippen molar-refractivity contribution in [2.24, 2.45) is 0 Å². The summed E-state index contributed by atoms with van der Waals surface area (Å²) in [5, 5.41) is 0.571. The van der Waals surface area contributed by atoms with Gasteiger partial charge in [-0.05, 0) is 24.3 Å². The van der Waals surface area contributed by atoms with Crippen molar-refractivity contribution in [3.8, 4) is 11.5 Å². The number of hydrogen-bond donors (Lipinski definition) is 0. The molecule has 0 saturated carbocycles. The molecule has 2 aromatic rings. The predicted molar refractivity (Wildman–Crippen MR) is 66.9 cm³/mol. The molecule has 0 fully saturated rings. The van der Waals surface area contributed by atoms with Crippen LogP contribution in [0.15, 0.2) is 36.7 Å². The summed E-state index contributed by atoms with van der Waals surface area (Å²) in [6.07, 6.45) is 3.15. The highest BCUT2D eigenvalue weighted by Crippen LogP contribution is 2.22. The second-order valence-electron chi connectivity index (χ2n) is 2.99. The molecule has 2 rings (SSSR count). The van der Waals surface area contributed by atoms with Crippen LogP contribution in [0.5, 0.6) is 11.5 Å². The molecule has 0 atom stereocenters. The van der Waals surface area contributed by atoms with Gasteiger partial charge in [-0.15, -0.1) is 0 Å². The topological polar surface area (TPSA) is 44.2 Å². The maximum Gasteiger partial charge on any atom is 0.576 e. The molecule has 2 aromatic heterocycles. The molecule has 0 spiro atoms. The van der Waals surface area contributed by atoms with Crippen LogP contribution < -0.4 is 9.31 Å². The number of halogens is 2. The van der Waals surface area contributed by atoms with Crippen LogP contribution in [-0.2, 0) is 0 Å². The van der Waals surface area contributed by atoms with Crippen LogP contribution in [0.2, 0.25) is 10.3 Å². The first kappa shape index (κ1) is 12.0. The summed E-state index contributed by atoms with van der Waals surface area (Å²) in [5.41, 5.74) is 0. The molecule has 4 nitrogen and oxygen atoms in total. The Morgan fingerprint density at radius 2 is 1.35 bits per heavy atom. The fraction of sp³-hybridized carbons (Fsp3) is 0. The van der Waals surface area contributed by atoms with Crippen LogP contribution >= 0.6 is 23.2 Å². The summed E-state index contributed by atoms with van der Waals surface area (Å²) < 4.78 is 10.6. The summed E-state index contributed by atoms with van der Waals surface area (Å²) in [6.45, 7) is 0. The van der Waals surface area contributed by atoms with E-state index in [1.807, 2.05) is 0 Å². The van der Waals surface area contributed by atoms with Crippen LogP contribution in [0.1, 0.15) is 0 Å². The Balaban J connectivity index is 1.93. The molecule has 0 aliphatic rings.